The molecule has 1 N–H and O–H groups in total. The van der Waals surface area contributed by atoms with Gasteiger partial charge in [-0.1, -0.05) is 42.0 Å². The fourth-order valence-corrected chi connectivity index (χ4v) is 2.95. The smallest absolute Gasteiger partial charge is 0.154 e. The molecule has 0 fully saturated rings. The van der Waals surface area contributed by atoms with Crippen LogP contribution < -0.4 is 5.32 Å². The Labute approximate surface area is 151 Å². The van der Waals surface area contributed by atoms with Gasteiger partial charge in [-0.2, -0.15) is 0 Å². The number of anilines is 1. The van der Waals surface area contributed by atoms with Crippen molar-refractivity contribution in [2.45, 2.75) is 19.9 Å². The lowest BCUT2D eigenvalue weighted by Gasteiger charge is -2.15. The first kappa shape index (κ1) is 16.3. The molecule has 0 bridgehead atoms. The lowest BCUT2D eigenvalue weighted by atomic mass is 10.1. The van der Waals surface area contributed by atoms with Crippen LogP contribution in [0.5, 0.6) is 0 Å². The van der Waals surface area contributed by atoms with Crippen molar-refractivity contribution in [3.8, 4) is 11.3 Å². The van der Waals surface area contributed by atoms with Crippen LogP contribution in [-0.2, 0) is 0 Å². The average molecular weight is 346 g/mol. The molecule has 0 amide bonds. The molecule has 1 unspecified atom stereocenters. The molecule has 26 heavy (non-hydrogen) atoms. The van der Waals surface area contributed by atoms with Gasteiger partial charge in [0.05, 0.1) is 17.9 Å². The Kier molecular flexibility index (Phi) is 4.13. The van der Waals surface area contributed by atoms with Gasteiger partial charge in [0, 0.05) is 5.56 Å². The molecule has 5 heteroatoms. The molecule has 0 radical (unpaired) electrons. The van der Waals surface area contributed by atoms with E-state index in [-0.39, 0.29) is 11.9 Å². The third-order valence-corrected chi connectivity index (χ3v) is 4.42. The minimum absolute atomic E-state index is 0.0676. The average Bonchev–Trinajstić information content (AvgIpc) is 3.05. The van der Waals surface area contributed by atoms with E-state index >= 15 is 0 Å². The number of hydrogen-bond donors (Lipinski definition) is 1. The second-order valence-electron chi connectivity index (χ2n) is 6.42. The number of benzene rings is 2. The molecule has 0 aliphatic carbocycles. The van der Waals surface area contributed by atoms with Crippen molar-refractivity contribution in [1.29, 1.82) is 0 Å². The summed E-state index contributed by atoms with van der Waals surface area (Å²) >= 11 is 0. The number of fused-ring (bicyclic) bond motifs is 1. The summed E-state index contributed by atoms with van der Waals surface area (Å²) < 4.78 is 15.3. The first-order chi connectivity index (χ1) is 12.6. The molecule has 130 valence electrons. The van der Waals surface area contributed by atoms with Gasteiger partial charge < -0.3 is 5.32 Å². The molecule has 4 rings (SSSR count). The third-order valence-electron chi connectivity index (χ3n) is 4.42. The van der Waals surface area contributed by atoms with E-state index in [1.807, 2.05) is 35.8 Å². The zero-order valence-corrected chi connectivity index (χ0v) is 14.6. The predicted octanol–water partition coefficient (Wildman–Crippen LogP) is 5.02. The Bertz CT molecular complexity index is 1050. The van der Waals surface area contributed by atoms with E-state index in [0.717, 1.165) is 22.5 Å². The topological polar surface area (TPSA) is 42.2 Å². The molecule has 4 nitrogen and oxygen atoms in total. The van der Waals surface area contributed by atoms with Gasteiger partial charge in [0.2, 0.25) is 0 Å². The SMILES string of the molecule is Cc1ccc(-c2cnc3ccc(NC(C)c4cccc(F)c4)nn23)cc1. The van der Waals surface area contributed by atoms with Gasteiger partial charge in [-0.05, 0) is 43.7 Å². The van der Waals surface area contributed by atoms with E-state index in [2.05, 4.69) is 46.6 Å². The van der Waals surface area contributed by atoms with Crippen LogP contribution in [0.25, 0.3) is 16.9 Å². The molecular formula is C21H19FN4. The molecule has 0 aliphatic rings. The molecule has 4 aromatic rings. The number of hydrogen-bond acceptors (Lipinski definition) is 3. The first-order valence-electron chi connectivity index (χ1n) is 8.54. The van der Waals surface area contributed by atoms with Crippen molar-refractivity contribution in [3.05, 3.63) is 83.8 Å². The molecule has 2 aromatic heterocycles. The van der Waals surface area contributed by atoms with Gasteiger partial charge in [0.1, 0.15) is 11.6 Å². The highest BCUT2D eigenvalue weighted by atomic mass is 19.1. The number of nitrogens with one attached hydrogen (secondary N) is 1. The maximum absolute atomic E-state index is 13.4. The van der Waals surface area contributed by atoms with Gasteiger partial charge in [-0.25, -0.2) is 13.9 Å². The van der Waals surface area contributed by atoms with Crippen LogP contribution in [0, 0.1) is 12.7 Å². The molecule has 2 aromatic carbocycles. The van der Waals surface area contributed by atoms with Crippen molar-refractivity contribution in [2.24, 2.45) is 0 Å². The van der Waals surface area contributed by atoms with Crippen LogP contribution in [0.4, 0.5) is 10.2 Å². The Morgan fingerprint density at radius 1 is 1.04 bits per heavy atom. The number of imidazole rings is 1. The largest absolute Gasteiger partial charge is 0.362 e. The van der Waals surface area contributed by atoms with Crippen LogP contribution in [0.3, 0.4) is 0 Å². The molecule has 0 saturated carbocycles. The van der Waals surface area contributed by atoms with Crippen molar-refractivity contribution in [3.63, 3.8) is 0 Å². The summed E-state index contributed by atoms with van der Waals surface area (Å²) in [5.74, 6) is 0.469. The minimum Gasteiger partial charge on any atom is -0.362 e. The molecule has 2 heterocycles. The third kappa shape index (κ3) is 3.16. The second-order valence-corrected chi connectivity index (χ2v) is 6.42. The summed E-state index contributed by atoms with van der Waals surface area (Å²) in [5, 5.41) is 8.00. The summed E-state index contributed by atoms with van der Waals surface area (Å²) in [4.78, 5) is 4.43. The Morgan fingerprint density at radius 2 is 1.85 bits per heavy atom. The number of halogens is 1. The standard InChI is InChI=1S/C21H19FN4/c1-14-6-8-16(9-7-14)19-13-23-21-11-10-20(25-26(19)21)24-15(2)17-4-3-5-18(22)12-17/h3-13,15H,1-2H3,(H,24,25). The van der Waals surface area contributed by atoms with Crippen molar-refractivity contribution in [1.82, 2.24) is 14.6 Å². The molecule has 0 spiro atoms. The van der Waals surface area contributed by atoms with Gasteiger partial charge in [-0.15, -0.1) is 5.10 Å². The second kappa shape index (κ2) is 6.59. The lowest BCUT2D eigenvalue weighted by molar-refractivity contribution is 0.623. The quantitative estimate of drug-likeness (QED) is 0.564. The Balaban J connectivity index is 1.66. The summed E-state index contributed by atoms with van der Waals surface area (Å²) in [6, 6.07) is 18.6. The number of rotatable bonds is 4. The lowest BCUT2D eigenvalue weighted by Crippen LogP contribution is -2.09. The Morgan fingerprint density at radius 3 is 2.62 bits per heavy atom. The summed E-state index contributed by atoms with van der Waals surface area (Å²) in [6.07, 6.45) is 1.83. The van der Waals surface area contributed by atoms with Crippen LogP contribution >= 0.6 is 0 Å². The van der Waals surface area contributed by atoms with Crippen molar-refractivity contribution in [2.75, 3.05) is 5.32 Å². The fourth-order valence-electron chi connectivity index (χ4n) is 2.95. The first-order valence-corrected chi connectivity index (χ1v) is 8.54. The highest BCUT2D eigenvalue weighted by Gasteiger charge is 2.11. The van der Waals surface area contributed by atoms with Gasteiger partial charge in [-0.3, -0.25) is 0 Å². The number of aromatic nitrogens is 3. The van der Waals surface area contributed by atoms with Gasteiger partial charge in [0.25, 0.3) is 0 Å². The fraction of sp³-hybridized carbons (Fsp3) is 0.143. The zero-order valence-electron chi connectivity index (χ0n) is 14.6. The van der Waals surface area contributed by atoms with E-state index in [9.17, 15) is 4.39 Å². The maximum atomic E-state index is 13.4. The van der Waals surface area contributed by atoms with E-state index in [1.54, 1.807) is 6.07 Å². The predicted molar refractivity (Wildman–Crippen MR) is 102 cm³/mol. The van der Waals surface area contributed by atoms with Crippen molar-refractivity contribution < 1.29 is 4.39 Å². The highest BCUT2D eigenvalue weighted by Crippen LogP contribution is 2.23. The zero-order chi connectivity index (χ0) is 18.1. The van der Waals surface area contributed by atoms with E-state index in [0.29, 0.717) is 5.82 Å². The highest BCUT2D eigenvalue weighted by molar-refractivity contribution is 5.64. The van der Waals surface area contributed by atoms with Crippen LogP contribution in [-0.4, -0.2) is 14.6 Å². The van der Waals surface area contributed by atoms with Crippen LogP contribution in [0.1, 0.15) is 24.1 Å². The minimum atomic E-state index is -0.240. The van der Waals surface area contributed by atoms with Crippen LogP contribution in [0.15, 0.2) is 66.9 Å². The van der Waals surface area contributed by atoms with Gasteiger partial charge in [0.15, 0.2) is 5.65 Å². The van der Waals surface area contributed by atoms with Crippen molar-refractivity contribution >= 4 is 11.5 Å². The number of aryl methyl sites for hydroxylation is 1. The summed E-state index contributed by atoms with van der Waals surface area (Å²) in [6.45, 7) is 4.04. The summed E-state index contributed by atoms with van der Waals surface area (Å²) in [5.41, 5.74) is 4.86. The van der Waals surface area contributed by atoms with Crippen LogP contribution in [0.2, 0.25) is 0 Å². The number of nitrogens with zero attached hydrogens (tertiary/aromatic N) is 3. The monoisotopic (exact) mass is 346 g/mol. The molecular weight excluding hydrogens is 327 g/mol. The van der Waals surface area contributed by atoms with E-state index < -0.39 is 0 Å². The van der Waals surface area contributed by atoms with E-state index in [1.165, 1.54) is 17.7 Å². The summed E-state index contributed by atoms with van der Waals surface area (Å²) in [7, 11) is 0. The van der Waals surface area contributed by atoms with E-state index in [4.69, 9.17) is 0 Å². The Hall–Kier alpha value is -3.21. The molecule has 0 saturated heterocycles. The molecule has 0 aliphatic heterocycles. The molecule has 1 atom stereocenters. The van der Waals surface area contributed by atoms with Gasteiger partial charge >= 0.3 is 0 Å². The maximum Gasteiger partial charge on any atom is 0.154 e. The normalized spacial score (nSPS) is 12.3.